The van der Waals surface area contributed by atoms with Crippen LogP contribution in [-0.4, -0.2) is 51.9 Å². The summed E-state index contributed by atoms with van der Waals surface area (Å²) in [5.41, 5.74) is 5.29. The van der Waals surface area contributed by atoms with E-state index in [4.69, 9.17) is 21.1 Å². The van der Waals surface area contributed by atoms with Gasteiger partial charge in [0.2, 0.25) is 6.29 Å². The van der Waals surface area contributed by atoms with Gasteiger partial charge in [-0.2, -0.15) is 0 Å². The number of esters is 1. The molecule has 3 aliphatic heterocycles. The van der Waals surface area contributed by atoms with Crippen molar-refractivity contribution in [2.75, 3.05) is 7.11 Å². The van der Waals surface area contributed by atoms with Crippen LogP contribution >= 0.6 is 23.4 Å². The number of aryl methyl sites for hydroxylation is 1. The van der Waals surface area contributed by atoms with E-state index < -0.39 is 23.1 Å². The quantitative estimate of drug-likeness (QED) is 0.422. The summed E-state index contributed by atoms with van der Waals surface area (Å²) in [7, 11) is 1.58. The van der Waals surface area contributed by atoms with Crippen molar-refractivity contribution >= 4 is 46.0 Å². The zero-order valence-electron chi connectivity index (χ0n) is 20.8. The van der Waals surface area contributed by atoms with Crippen LogP contribution in [0.4, 0.5) is 0 Å². The number of thioether (sulfide) groups is 1. The fourth-order valence-electron chi connectivity index (χ4n) is 5.64. The van der Waals surface area contributed by atoms with Crippen LogP contribution in [-0.2, 0) is 20.7 Å². The minimum atomic E-state index is -0.933. The Kier molecular flexibility index (Phi) is 7.05. The molecule has 10 heteroatoms. The molecule has 192 valence electrons. The van der Waals surface area contributed by atoms with Gasteiger partial charge in [-0.25, -0.2) is 15.0 Å². The van der Waals surface area contributed by atoms with Crippen molar-refractivity contribution in [1.82, 2.24) is 10.4 Å². The van der Waals surface area contributed by atoms with Gasteiger partial charge in [0.05, 0.1) is 12.1 Å². The number of hydrogen-bond acceptors (Lipinski definition) is 9. The summed E-state index contributed by atoms with van der Waals surface area (Å²) in [6.45, 7) is 3.89. The molecule has 0 aromatic heterocycles. The molecular formula is C26H31ClN4O4S. The number of hydrazine groups is 1. The van der Waals surface area contributed by atoms with Gasteiger partial charge in [-0.3, -0.25) is 15.0 Å². The number of hydrogen-bond donors (Lipinski definition) is 1. The van der Waals surface area contributed by atoms with Crippen molar-refractivity contribution in [3.8, 4) is 5.75 Å². The summed E-state index contributed by atoms with van der Waals surface area (Å²) < 4.78 is 11.5. The Morgan fingerprint density at radius 3 is 2.72 bits per heavy atom. The molecule has 1 N–H and O–H groups in total. The third-order valence-electron chi connectivity index (χ3n) is 7.46. The summed E-state index contributed by atoms with van der Waals surface area (Å²) in [5, 5.41) is 1.94. The van der Waals surface area contributed by atoms with Crippen molar-refractivity contribution in [3.05, 3.63) is 40.6 Å². The maximum Gasteiger partial charge on any atom is 0.327 e. The van der Waals surface area contributed by atoms with Crippen molar-refractivity contribution in [2.24, 2.45) is 15.9 Å². The second-order valence-corrected chi connectivity index (χ2v) is 11.4. The lowest BCUT2D eigenvalue weighted by molar-refractivity contribution is -0.177. The van der Waals surface area contributed by atoms with Crippen molar-refractivity contribution in [2.45, 2.75) is 75.9 Å². The highest BCUT2D eigenvalue weighted by Crippen LogP contribution is 2.45. The van der Waals surface area contributed by atoms with Crippen molar-refractivity contribution in [3.63, 3.8) is 0 Å². The normalized spacial score (nSPS) is 28.2. The maximum absolute atomic E-state index is 13.4. The first-order valence-electron chi connectivity index (χ1n) is 12.4. The Balaban J connectivity index is 1.30. The SMILES string of the molecule is COc1ccc(CCC2(C3CCCC3)CC(=O)C(SC3=NC4N=C(C)C=C(C)N4N3)C(=O)O2)cc1Cl. The summed E-state index contributed by atoms with van der Waals surface area (Å²) in [6, 6.07) is 5.70. The van der Waals surface area contributed by atoms with E-state index in [2.05, 4.69) is 15.4 Å². The van der Waals surface area contributed by atoms with E-state index in [0.717, 1.165) is 54.4 Å². The van der Waals surface area contributed by atoms with Crippen LogP contribution < -0.4 is 10.2 Å². The molecule has 2 fully saturated rings. The van der Waals surface area contributed by atoms with Gasteiger partial charge in [-0.1, -0.05) is 42.3 Å². The lowest BCUT2D eigenvalue weighted by atomic mass is 9.76. The van der Waals surface area contributed by atoms with E-state index >= 15 is 0 Å². The van der Waals surface area contributed by atoms with Crippen LogP contribution in [0.1, 0.15) is 57.9 Å². The first-order chi connectivity index (χ1) is 17.3. The fourth-order valence-corrected chi connectivity index (χ4v) is 6.80. The van der Waals surface area contributed by atoms with Gasteiger partial charge in [0.25, 0.3) is 0 Å². The molecule has 0 bridgehead atoms. The van der Waals surface area contributed by atoms with Crippen LogP contribution in [0, 0.1) is 5.92 Å². The van der Waals surface area contributed by atoms with Gasteiger partial charge in [-0.05, 0) is 69.2 Å². The third kappa shape index (κ3) is 4.87. The predicted molar refractivity (Wildman–Crippen MR) is 141 cm³/mol. The van der Waals surface area contributed by atoms with Crippen LogP contribution in [0.5, 0.6) is 5.75 Å². The number of carbonyl (C=O) groups is 2. The number of allylic oxidation sites excluding steroid dienone is 2. The van der Waals surface area contributed by atoms with Gasteiger partial charge >= 0.3 is 5.97 Å². The van der Waals surface area contributed by atoms with E-state index in [0.29, 0.717) is 28.8 Å². The molecule has 0 spiro atoms. The van der Waals surface area contributed by atoms with E-state index in [1.807, 2.05) is 43.1 Å². The minimum Gasteiger partial charge on any atom is -0.495 e. The molecule has 1 saturated heterocycles. The zero-order valence-corrected chi connectivity index (χ0v) is 22.3. The van der Waals surface area contributed by atoms with E-state index in [-0.39, 0.29) is 18.1 Å². The molecule has 1 saturated carbocycles. The van der Waals surface area contributed by atoms with Crippen LogP contribution in [0.25, 0.3) is 0 Å². The summed E-state index contributed by atoms with van der Waals surface area (Å²) in [4.78, 5) is 35.8. The topological polar surface area (TPSA) is 92.6 Å². The summed E-state index contributed by atoms with van der Waals surface area (Å²) in [5.74, 6) is 0.233. The number of carbonyl (C=O) groups excluding carboxylic acids is 2. The maximum atomic E-state index is 13.4. The number of nitrogens with zero attached hydrogens (tertiary/aromatic N) is 3. The zero-order chi connectivity index (χ0) is 25.4. The highest BCUT2D eigenvalue weighted by atomic mass is 35.5. The number of amidine groups is 1. The highest BCUT2D eigenvalue weighted by molar-refractivity contribution is 8.15. The average Bonchev–Trinajstić information content (AvgIpc) is 3.51. The number of methoxy groups -OCH3 is 1. The first-order valence-corrected chi connectivity index (χ1v) is 13.6. The summed E-state index contributed by atoms with van der Waals surface area (Å²) >= 11 is 7.45. The monoisotopic (exact) mass is 530 g/mol. The lowest BCUT2D eigenvalue weighted by Gasteiger charge is -2.42. The molecule has 36 heavy (non-hydrogen) atoms. The van der Waals surface area contributed by atoms with E-state index in [9.17, 15) is 9.59 Å². The number of cyclic esters (lactones) is 1. The molecule has 0 radical (unpaired) electrons. The Bertz CT molecular complexity index is 1140. The number of benzene rings is 1. The first kappa shape index (κ1) is 25.1. The Morgan fingerprint density at radius 2 is 2.03 bits per heavy atom. The van der Waals surface area contributed by atoms with Gasteiger partial charge in [0.15, 0.2) is 16.2 Å². The van der Waals surface area contributed by atoms with Gasteiger partial charge in [-0.15, -0.1) is 0 Å². The number of Topliss-reactive ketones (excluding diaryl/α,β-unsaturated/α-hetero) is 1. The number of halogens is 1. The second-order valence-electron chi connectivity index (χ2n) is 9.90. The molecule has 3 unspecified atom stereocenters. The molecule has 8 nitrogen and oxygen atoms in total. The molecule has 1 aliphatic carbocycles. The number of rotatable bonds is 6. The molecule has 5 rings (SSSR count). The van der Waals surface area contributed by atoms with Gasteiger partial charge in [0, 0.05) is 17.8 Å². The van der Waals surface area contributed by atoms with Gasteiger partial charge < -0.3 is 9.47 Å². The standard InChI is InChI=1S/C26H31ClN4O4S/c1-15-12-16(2)31-24(28-15)29-25(30-31)36-22-20(32)14-26(35-23(22)33,18-6-4-5-7-18)11-10-17-8-9-21(34-3)19(27)13-17/h8-9,12-13,18,22,24H,4-7,10-11,14H2,1-3H3,(H,29,30). The number of nitrogens with one attached hydrogen (secondary N) is 1. The number of fused-ring (bicyclic) bond motifs is 1. The predicted octanol–water partition coefficient (Wildman–Crippen LogP) is 4.67. The molecule has 1 aromatic rings. The van der Waals surface area contributed by atoms with Crippen molar-refractivity contribution in [1.29, 1.82) is 0 Å². The summed E-state index contributed by atoms with van der Waals surface area (Å²) in [6.07, 6.45) is 7.13. The molecule has 0 amide bonds. The van der Waals surface area contributed by atoms with Crippen LogP contribution in [0.3, 0.4) is 0 Å². The highest BCUT2D eigenvalue weighted by Gasteiger charge is 2.52. The van der Waals surface area contributed by atoms with Crippen LogP contribution in [0.15, 0.2) is 40.0 Å². The average molecular weight is 531 g/mol. The Morgan fingerprint density at radius 1 is 1.25 bits per heavy atom. The van der Waals surface area contributed by atoms with Crippen molar-refractivity contribution < 1.29 is 19.1 Å². The number of ether oxygens (including phenoxy) is 2. The smallest absolute Gasteiger partial charge is 0.327 e. The Labute approximate surface area is 220 Å². The second kappa shape index (κ2) is 10.1. The van der Waals surface area contributed by atoms with E-state index in [1.54, 1.807) is 7.11 Å². The van der Waals surface area contributed by atoms with Crippen LogP contribution in [0.2, 0.25) is 5.02 Å². The number of aliphatic imine (C=N–C) groups is 2. The number of ketones is 1. The molecule has 3 heterocycles. The molecular weight excluding hydrogens is 500 g/mol. The largest absolute Gasteiger partial charge is 0.495 e. The molecule has 3 atom stereocenters. The molecule has 1 aromatic carbocycles. The fraction of sp³-hybridized carbons (Fsp3) is 0.538. The van der Waals surface area contributed by atoms with E-state index in [1.165, 1.54) is 0 Å². The Hall–Kier alpha value is -2.52. The minimum absolute atomic E-state index is 0.0998. The lowest BCUT2D eigenvalue weighted by Crippen LogP contribution is -2.53. The third-order valence-corrected chi connectivity index (χ3v) is 8.87. The van der Waals surface area contributed by atoms with Gasteiger partial charge in [0.1, 0.15) is 11.4 Å². The molecule has 4 aliphatic rings.